The van der Waals surface area contributed by atoms with Crippen molar-refractivity contribution in [3.05, 3.63) is 35.4 Å². The van der Waals surface area contributed by atoms with Gasteiger partial charge in [-0.3, -0.25) is 19.3 Å². The van der Waals surface area contributed by atoms with Crippen molar-refractivity contribution in [1.29, 1.82) is 0 Å². The summed E-state index contributed by atoms with van der Waals surface area (Å²) in [6.07, 6.45) is 5.45. The number of allylic oxidation sites excluding steroid dienone is 2. The predicted molar refractivity (Wildman–Crippen MR) is 121 cm³/mol. The summed E-state index contributed by atoms with van der Waals surface area (Å²) in [5.41, 5.74) is 1.83. The number of aryl methyl sites for hydroxylation is 1. The highest BCUT2D eigenvalue weighted by Crippen LogP contribution is 2.37. The third kappa shape index (κ3) is 4.52. The van der Waals surface area contributed by atoms with E-state index in [4.69, 9.17) is 9.47 Å². The Morgan fingerprint density at radius 3 is 2.06 bits per heavy atom. The Morgan fingerprint density at radius 2 is 1.56 bits per heavy atom. The molecule has 4 unspecified atom stereocenters. The molecule has 1 fully saturated rings. The zero-order valence-electron chi connectivity index (χ0n) is 19.8. The molecule has 2 aliphatic rings. The van der Waals surface area contributed by atoms with Crippen LogP contribution in [0.5, 0.6) is 11.5 Å². The molecule has 3 rings (SSSR count). The largest absolute Gasteiger partial charge is 0.493 e. The number of rotatable bonds is 8. The molecular formula is C25H34N2O5. The van der Waals surface area contributed by atoms with Crippen molar-refractivity contribution in [2.24, 2.45) is 17.8 Å². The summed E-state index contributed by atoms with van der Waals surface area (Å²) in [6, 6.07) is 2.56. The van der Waals surface area contributed by atoms with Gasteiger partial charge in [0, 0.05) is 0 Å². The Morgan fingerprint density at radius 1 is 1.03 bits per heavy atom. The molecule has 1 aliphatic heterocycles. The SMILES string of the molecule is COc1cc(C)c(C(C)NC(=O)C(CC(C)C)N2C(=O)C3CC=CCC3C2=O)cc1OC. The normalized spacial score (nSPS) is 22.0. The zero-order chi connectivity index (χ0) is 23.6. The lowest BCUT2D eigenvalue weighted by atomic mass is 9.85. The van der Waals surface area contributed by atoms with Gasteiger partial charge in [0.2, 0.25) is 17.7 Å². The fraction of sp³-hybridized carbons (Fsp3) is 0.560. The number of benzene rings is 1. The van der Waals surface area contributed by atoms with Crippen molar-refractivity contribution in [2.45, 2.75) is 59.0 Å². The molecule has 0 saturated carbocycles. The number of ether oxygens (including phenoxy) is 2. The fourth-order valence-corrected chi connectivity index (χ4v) is 4.76. The second-order valence-corrected chi connectivity index (χ2v) is 9.14. The minimum Gasteiger partial charge on any atom is -0.493 e. The van der Waals surface area contributed by atoms with Crippen LogP contribution in [-0.2, 0) is 14.4 Å². The van der Waals surface area contributed by atoms with E-state index in [-0.39, 0.29) is 41.5 Å². The minimum absolute atomic E-state index is 0.144. The summed E-state index contributed by atoms with van der Waals surface area (Å²) in [7, 11) is 3.15. The maximum Gasteiger partial charge on any atom is 0.243 e. The van der Waals surface area contributed by atoms with E-state index in [1.54, 1.807) is 14.2 Å². The van der Waals surface area contributed by atoms with E-state index in [9.17, 15) is 14.4 Å². The molecule has 7 nitrogen and oxygen atoms in total. The first-order valence-electron chi connectivity index (χ1n) is 11.2. The molecule has 32 heavy (non-hydrogen) atoms. The number of likely N-dealkylation sites (tertiary alicyclic amines) is 1. The first-order valence-corrected chi connectivity index (χ1v) is 11.2. The zero-order valence-corrected chi connectivity index (χ0v) is 19.8. The molecule has 3 amide bonds. The van der Waals surface area contributed by atoms with Gasteiger partial charge in [-0.1, -0.05) is 26.0 Å². The molecular weight excluding hydrogens is 408 g/mol. The van der Waals surface area contributed by atoms with Crippen LogP contribution in [0.4, 0.5) is 0 Å². The van der Waals surface area contributed by atoms with Gasteiger partial charge in [0.05, 0.1) is 32.1 Å². The van der Waals surface area contributed by atoms with E-state index >= 15 is 0 Å². The van der Waals surface area contributed by atoms with E-state index in [2.05, 4.69) is 5.32 Å². The molecule has 1 N–H and O–H groups in total. The van der Waals surface area contributed by atoms with Crippen molar-refractivity contribution in [2.75, 3.05) is 14.2 Å². The molecule has 1 aromatic carbocycles. The molecule has 174 valence electrons. The Bertz CT molecular complexity index is 897. The third-order valence-corrected chi connectivity index (χ3v) is 6.45. The molecule has 1 aliphatic carbocycles. The fourth-order valence-electron chi connectivity index (χ4n) is 4.76. The highest BCUT2D eigenvalue weighted by molar-refractivity contribution is 6.08. The van der Waals surface area contributed by atoms with Gasteiger partial charge < -0.3 is 14.8 Å². The minimum atomic E-state index is -0.816. The number of nitrogens with one attached hydrogen (secondary N) is 1. The number of hydrogen-bond donors (Lipinski definition) is 1. The predicted octanol–water partition coefficient (Wildman–Crippen LogP) is 3.56. The highest BCUT2D eigenvalue weighted by atomic mass is 16.5. The average Bonchev–Trinajstić information content (AvgIpc) is 3.01. The van der Waals surface area contributed by atoms with Crippen LogP contribution in [0.15, 0.2) is 24.3 Å². The maximum atomic E-state index is 13.4. The number of nitrogens with zero attached hydrogens (tertiary/aromatic N) is 1. The van der Waals surface area contributed by atoms with E-state index in [0.717, 1.165) is 11.1 Å². The first-order chi connectivity index (χ1) is 15.2. The van der Waals surface area contributed by atoms with Crippen molar-refractivity contribution in [3.8, 4) is 11.5 Å². The monoisotopic (exact) mass is 442 g/mol. The number of carbonyl (C=O) groups is 3. The highest BCUT2D eigenvalue weighted by Gasteiger charge is 2.51. The van der Waals surface area contributed by atoms with Crippen molar-refractivity contribution < 1.29 is 23.9 Å². The van der Waals surface area contributed by atoms with Gasteiger partial charge in [-0.25, -0.2) is 0 Å². The van der Waals surface area contributed by atoms with E-state index in [1.807, 2.05) is 52.0 Å². The lowest BCUT2D eigenvalue weighted by Crippen LogP contribution is -2.51. The molecule has 0 spiro atoms. The molecule has 0 bridgehead atoms. The van der Waals surface area contributed by atoms with E-state index in [1.165, 1.54) is 4.90 Å². The van der Waals surface area contributed by atoms with Gasteiger partial charge in [-0.2, -0.15) is 0 Å². The van der Waals surface area contributed by atoms with Crippen LogP contribution in [0.25, 0.3) is 0 Å². The number of imide groups is 1. The van der Waals surface area contributed by atoms with Gasteiger partial charge in [0.1, 0.15) is 6.04 Å². The second-order valence-electron chi connectivity index (χ2n) is 9.14. The summed E-state index contributed by atoms with van der Waals surface area (Å²) in [4.78, 5) is 40.9. The molecule has 1 aromatic rings. The quantitative estimate of drug-likeness (QED) is 0.492. The third-order valence-electron chi connectivity index (χ3n) is 6.45. The van der Waals surface area contributed by atoms with Crippen LogP contribution < -0.4 is 14.8 Å². The van der Waals surface area contributed by atoms with Crippen molar-refractivity contribution >= 4 is 17.7 Å². The number of amides is 3. The Kier molecular flexibility index (Phi) is 7.26. The van der Waals surface area contributed by atoms with Gasteiger partial charge in [-0.05, 0) is 62.3 Å². The number of hydrogen-bond acceptors (Lipinski definition) is 5. The van der Waals surface area contributed by atoms with Gasteiger partial charge in [-0.15, -0.1) is 0 Å². The number of methoxy groups -OCH3 is 2. The molecule has 0 radical (unpaired) electrons. The summed E-state index contributed by atoms with van der Waals surface area (Å²) in [5, 5.41) is 3.03. The van der Waals surface area contributed by atoms with Crippen LogP contribution in [0.1, 0.15) is 57.2 Å². The Hall–Kier alpha value is -2.83. The maximum absolute atomic E-state index is 13.4. The smallest absolute Gasteiger partial charge is 0.243 e. The van der Waals surface area contributed by atoms with E-state index in [0.29, 0.717) is 30.8 Å². The summed E-state index contributed by atoms with van der Waals surface area (Å²) >= 11 is 0. The lowest BCUT2D eigenvalue weighted by molar-refractivity contribution is -0.148. The standard InChI is InChI=1S/C25H34N2O5/c1-14(2)11-20(27-24(29)17-9-7-8-10-18(17)25(27)30)23(28)26-16(4)19-13-22(32-6)21(31-5)12-15(19)3/h7-8,12-14,16-18,20H,9-11H2,1-6H3,(H,26,28). The van der Waals surface area contributed by atoms with Gasteiger partial charge >= 0.3 is 0 Å². The van der Waals surface area contributed by atoms with Crippen molar-refractivity contribution in [3.63, 3.8) is 0 Å². The second kappa shape index (κ2) is 9.76. The van der Waals surface area contributed by atoms with Crippen molar-refractivity contribution in [1.82, 2.24) is 10.2 Å². The van der Waals surface area contributed by atoms with E-state index < -0.39 is 6.04 Å². The Balaban J connectivity index is 1.84. The van der Waals surface area contributed by atoms with Crippen LogP contribution in [0.2, 0.25) is 0 Å². The van der Waals surface area contributed by atoms with Crippen LogP contribution in [-0.4, -0.2) is 42.9 Å². The Labute approximate surface area is 190 Å². The molecule has 1 heterocycles. The summed E-state index contributed by atoms with van der Waals surface area (Å²) < 4.78 is 10.8. The average molecular weight is 443 g/mol. The number of carbonyl (C=O) groups excluding carboxylic acids is 3. The summed E-state index contributed by atoms with van der Waals surface area (Å²) in [6.45, 7) is 7.80. The summed E-state index contributed by atoms with van der Waals surface area (Å²) in [5.74, 6) is -0.107. The van der Waals surface area contributed by atoms with Crippen LogP contribution in [0.3, 0.4) is 0 Å². The topological polar surface area (TPSA) is 84.9 Å². The molecule has 0 aromatic heterocycles. The molecule has 1 saturated heterocycles. The van der Waals surface area contributed by atoms with Gasteiger partial charge in [0.15, 0.2) is 11.5 Å². The molecule has 4 atom stereocenters. The lowest BCUT2D eigenvalue weighted by Gasteiger charge is -2.29. The van der Waals surface area contributed by atoms with Gasteiger partial charge in [0.25, 0.3) is 0 Å². The van der Waals surface area contributed by atoms with Crippen LogP contribution >= 0.6 is 0 Å². The first kappa shape index (κ1) is 23.8. The van der Waals surface area contributed by atoms with Crippen LogP contribution in [0, 0.1) is 24.7 Å². The number of fused-ring (bicyclic) bond motifs is 1. The molecule has 7 heteroatoms.